The molecule has 18 heavy (non-hydrogen) atoms. The number of nitrogens with zero attached hydrogens (tertiary/aromatic N) is 1. The summed E-state index contributed by atoms with van der Waals surface area (Å²) in [6.45, 7) is 1.94. The van der Waals surface area contributed by atoms with Crippen molar-refractivity contribution in [1.82, 2.24) is 9.97 Å². The zero-order chi connectivity index (χ0) is 13.1. The van der Waals surface area contributed by atoms with Crippen molar-refractivity contribution in [1.29, 1.82) is 0 Å². The lowest BCUT2D eigenvalue weighted by molar-refractivity contribution is 0.409. The molecule has 1 aromatic carbocycles. The van der Waals surface area contributed by atoms with Gasteiger partial charge in [0.1, 0.15) is 11.6 Å². The number of hydrogen-bond acceptors (Lipinski definition) is 3. The largest absolute Gasteiger partial charge is 0.496 e. The average Bonchev–Trinajstić information content (AvgIpc) is 2.71. The normalized spacial score (nSPS) is 10.4. The van der Waals surface area contributed by atoms with E-state index < -0.39 is 0 Å². The van der Waals surface area contributed by atoms with Crippen LogP contribution in [0.3, 0.4) is 0 Å². The van der Waals surface area contributed by atoms with Gasteiger partial charge < -0.3 is 15.0 Å². The van der Waals surface area contributed by atoms with Gasteiger partial charge in [-0.25, -0.2) is 9.37 Å². The van der Waals surface area contributed by atoms with Crippen LogP contribution in [0.2, 0.25) is 0 Å². The van der Waals surface area contributed by atoms with Crippen LogP contribution < -0.4 is 10.1 Å². The van der Waals surface area contributed by atoms with Crippen LogP contribution in [0.5, 0.6) is 5.75 Å². The summed E-state index contributed by atoms with van der Waals surface area (Å²) < 4.78 is 18.5. The maximum absolute atomic E-state index is 13.3. The molecule has 0 fully saturated rings. The SMILES string of the molecule is CNc1nc(Cc2cc(F)ccc2OC)c(C)[nH]1. The topological polar surface area (TPSA) is 49.9 Å². The third kappa shape index (κ3) is 2.45. The number of aromatic nitrogens is 2. The Kier molecular flexibility index (Phi) is 3.50. The lowest BCUT2D eigenvalue weighted by Gasteiger charge is -2.07. The third-order valence-corrected chi connectivity index (χ3v) is 2.82. The molecule has 1 heterocycles. The number of anilines is 1. The zero-order valence-electron chi connectivity index (χ0n) is 10.7. The van der Waals surface area contributed by atoms with Crippen molar-refractivity contribution < 1.29 is 9.13 Å². The molecule has 0 bridgehead atoms. The first kappa shape index (κ1) is 12.4. The molecule has 0 amide bonds. The van der Waals surface area contributed by atoms with Crippen LogP contribution in [0.25, 0.3) is 0 Å². The molecule has 0 saturated carbocycles. The Balaban J connectivity index is 2.32. The number of imidazole rings is 1. The van der Waals surface area contributed by atoms with Gasteiger partial charge in [-0.3, -0.25) is 0 Å². The monoisotopic (exact) mass is 249 g/mol. The van der Waals surface area contributed by atoms with Crippen molar-refractivity contribution in [2.45, 2.75) is 13.3 Å². The summed E-state index contributed by atoms with van der Waals surface area (Å²) in [7, 11) is 3.37. The predicted octanol–water partition coefficient (Wildman–Crippen LogP) is 2.50. The van der Waals surface area contributed by atoms with E-state index in [0.29, 0.717) is 18.1 Å². The lowest BCUT2D eigenvalue weighted by atomic mass is 10.1. The van der Waals surface area contributed by atoms with Gasteiger partial charge in [-0.2, -0.15) is 0 Å². The molecular weight excluding hydrogens is 233 g/mol. The first-order valence-electron chi connectivity index (χ1n) is 5.69. The van der Waals surface area contributed by atoms with E-state index in [2.05, 4.69) is 15.3 Å². The number of hydrogen-bond donors (Lipinski definition) is 2. The van der Waals surface area contributed by atoms with Gasteiger partial charge in [-0.15, -0.1) is 0 Å². The number of rotatable bonds is 4. The van der Waals surface area contributed by atoms with Crippen LogP contribution in [0, 0.1) is 12.7 Å². The first-order valence-corrected chi connectivity index (χ1v) is 5.69. The van der Waals surface area contributed by atoms with Gasteiger partial charge in [0.05, 0.1) is 12.8 Å². The van der Waals surface area contributed by atoms with Crippen molar-refractivity contribution in [3.63, 3.8) is 0 Å². The van der Waals surface area contributed by atoms with Crippen LogP contribution in [0.1, 0.15) is 17.0 Å². The summed E-state index contributed by atoms with van der Waals surface area (Å²) in [5.74, 6) is 1.11. The number of nitrogens with one attached hydrogen (secondary N) is 2. The van der Waals surface area contributed by atoms with E-state index in [-0.39, 0.29) is 5.82 Å². The highest BCUT2D eigenvalue weighted by Crippen LogP contribution is 2.23. The quantitative estimate of drug-likeness (QED) is 0.875. The third-order valence-electron chi connectivity index (χ3n) is 2.82. The molecule has 96 valence electrons. The van der Waals surface area contributed by atoms with E-state index in [1.165, 1.54) is 12.1 Å². The number of aryl methyl sites for hydroxylation is 1. The van der Waals surface area contributed by atoms with Gasteiger partial charge in [-0.1, -0.05) is 0 Å². The Morgan fingerprint density at radius 1 is 1.44 bits per heavy atom. The van der Waals surface area contributed by atoms with Crippen LogP contribution in [-0.2, 0) is 6.42 Å². The fraction of sp³-hybridized carbons (Fsp3) is 0.308. The smallest absolute Gasteiger partial charge is 0.200 e. The highest BCUT2D eigenvalue weighted by Gasteiger charge is 2.11. The summed E-state index contributed by atoms with van der Waals surface area (Å²) in [6.07, 6.45) is 0.533. The summed E-state index contributed by atoms with van der Waals surface area (Å²) in [6, 6.07) is 4.50. The maximum Gasteiger partial charge on any atom is 0.200 e. The Morgan fingerprint density at radius 2 is 2.22 bits per heavy atom. The van der Waals surface area contributed by atoms with Gasteiger partial charge >= 0.3 is 0 Å². The summed E-state index contributed by atoms with van der Waals surface area (Å²) in [5, 5.41) is 2.94. The van der Waals surface area contributed by atoms with E-state index in [1.54, 1.807) is 20.2 Å². The van der Waals surface area contributed by atoms with E-state index in [4.69, 9.17) is 4.74 Å². The molecule has 2 rings (SSSR count). The van der Waals surface area contributed by atoms with E-state index >= 15 is 0 Å². The fourth-order valence-corrected chi connectivity index (χ4v) is 1.85. The van der Waals surface area contributed by atoms with Gasteiger partial charge in [0.2, 0.25) is 0 Å². The molecule has 0 saturated heterocycles. The molecule has 2 N–H and O–H groups in total. The average molecular weight is 249 g/mol. The molecule has 5 heteroatoms. The standard InChI is InChI=1S/C13H16FN3O/c1-8-11(17-13(15-2)16-8)7-9-6-10(14)4-5-12(9)18-3/h4-6H,7H2,1-3H3,(H2,15,16,17). The second kappa shape index (κ2) is 5.08. The minimum atomic E-state index is -0.271. The van der Waals surface area contributed by atoms with Crippen molar-refractivity contribution in [2.75, 3.05) is 19.5 Å². The van der Waals surface area contributed by atoms with Crippen LogP contribution in [0.15, 0.2) is 18.2 Å². The summed E-state index contributed by atoms with van der Waals surface area (Å²) in [4.78, 5) is 7.49. The maximum atomic E-state index is 13.3. The van der Waals surface area contributed by atoms with Crippen LogP contribution >= 0.6 is 0 Å². The molecule has 2 aromatic rings. The first-order chi connectivity index (χ1) is 8.63. The van der Waals surface area contributed by atoms with Crippen molar-refractivity contribution >= 4 is 5.95 Å². The van der Waals surface area contributed by atoms with Crippen LogP contribution in [0.4, 0.5) is 10.3 Å². The number of benzene rings is 1. The van der Waals surface area contributed by atoms with E-state index in [0.717, 1.165) is 17.0 Å². The second-order valence-corrected chi connectivity index (χ2v) is 4.04. The molecule has 4 nitrogen and oxygen atoms in total. The number of methoxy groups -OCH3 is 1. The minimum Gasteiger partial charge on any atom is -0.496 e. The van der Waals surface area contributed by atoms with Crippen molar-refractivity contribution in [3.05, 3.63) is 41.0 Å². The molecule has 0 aliphatic carbocycles. The molecule has 0 spiro atoms. The number of H-pyrrole nitrogens is 1. The highest BCUT2D eigenvalue weighted by atomic mass is 19.1. The number of halogens is 1. The number of ether oxygens (including phenoxy) is 1. The zero-order valence-corrected chi connectivity index (χ0v) is 10.7. The van der Waals surface area contributed by atoms with Gasteiger partial charge in [0, 0.05) is 24.7 Å². The van der Waals surface area contributed by atoms with Crippen molar-refractivity contribution in [2.24, 2.45) is 0 Å². The Bertz CT molecular complexity index is 551. The Labute approximate surface area is 105 Å². The second-order valence-electron chi connectivity index (χ2n) is 4.04. The van der Waals surface area contributed by atoms with Gasteiger partial charge in [0.25, 0.3) is 0 Å². The van der Waals surface area contributed by atoms with E-state index in [9.17, 15) is 4.39 Å². The highest BCUT2D eigenvalue weighted by molar-refractivity contribution is 5.39. The Hall–Kier alpha value is -2.04. The number of aromatic amines is 1. The fourth-order valence-electron chi connectivity index (χ4n) is 1.85. The molecule has 0 atom stereocenters. The molecule has 0 aliphatic heterocycles. The molecule has 1 aromatic heterocycles. The predicted molar refractivity (Wildman–Crippen MR) is 68.6 cm³/mol. The van der Waals surface area contributed by atoms with Crippen molar-refractivity contribution in [3.8, 4) is 5.75 Å². The van der Waals surface area contributed by atoms with E-state index in [1.807, 2.05) is 6.92 Å². The molecular formula is C13H16FN3O. The summed E-state index contributed by atoms with van der Waals surface area (Å²) >= 11 is 0. The van der Waals surface area contributed by atoms with Gasteiger partial charge in [-0.05, 0) is 25.1 Å². The summed E-state index contributed by atoms with van der Waals surface area (Å²) in [5.41, 5.74) is 2.63. The van der Waals surface area contributed by atoms with Crippen LogP contribution in [-0.4, -0.2) is 24.1 Å². The molecule has 0 unspecified atom stereocenters. The molecule has 0 aliphatic rings. The lowest BCUT2D eigenvalue weighted by Crippen LogP contribution is -1.97. The molecule has 0 radical (unpaired) electrons. The minimum absolute atomic E-state index is 0.271. The van der Waals surface area contributed by atoms with Gasteiger partial charge in [0.15, 0.2) is 5.95 Å². The Morgan fingerprint density at radius 3 is 2.83 bits per heavy atom.